The molecule has 0 bridgehead atoms. The van der Waals surface area contributed by atoms with Crippen LogP contribution in [0.2, 0.25) is 0 Å². The molecule has 1 unspecified atom stereocenters. The van der Waals surface area contributed by atoms with Crippen molar-refractivity contribution < 1.29 is 4.42 Å². The van der Waals surface area contributed by atoms with Crippen molar-refractivity contribution in [1.29, 1.82) is 0 Å². The van der Waals surface area contributed by atoms with Gasteiger partial charge in [0.2, 0.25) is 0 Å². The van der Waals surface area contributed by atoms with Crippen molar-refractivity contribution in [3.63, 3.8) is 0 Å². The first-order chi connectivity index (χ1) is 9.99. The fourth-order valence-corrected chi connectivity index (χ4v) is 3.74. The van der Waals surface area contributed by atoms with Gasteiger partial charge in [-0.2, -0.15) is 0 Å². The molecule has 0 radical (unpaired) electrons. The number of thioether (sulfide) groups is 1. The number of hydrogen-bond donors (Lipinski definition) is 0. The van der Waals surface area contributed by atoms with E-state index in [0.717, 1.165) is 23.2 Å². The highest BCUT2D eigenvalue weighted by molar-refractivity contribution is 7.98. The van der Waals surface area contributed by atoms with E-state index in [-0.39, 0.29) is 5.63 Å². The van der Waals surface area contributed by atoms with E-state index < -0.39 is 0 Å². The predicted molar refractivity (Wildman–Crippen MR) is 89.6 cm³/mol. The molecule has 0 saturated carbocycles. The molecule has 21 heavy (non-hydrogen) atoms. The number of anilines is 1. The van der Waals surface area contributed by atoms with E-state index in [9.17, 15) is 4.79 Å². The molecular formula is C17H21NO2S. The number of nitrogens with zero attached hydrogens (tertiary/aromatic N) is 1. The van der Waals surface area contributed by atoms with Crippen molar-refractivity contribution in [2.75, 3.05) is 17.7 Å². The summed E-state index contributed by atoms with van der Waals surface area (Å²) in [6, 6.07) is 6.35. The van der Waals surface area contributed by atoms with Gasteiger partial charge < -0.3 is 9.32 Å². The molecule has 3 nitrogen and oxygen atoms in total. The summed E-state index contributed by atoms with van der Waals surface area (Å²) in [6.07, 6.45) is 3.06. The molecule has 0 spiro atoms. The van der Waals surface area contributed by atoms with Gasteiger partial charge in [0.25, 0.3) is 0 Å². The van der Waals surface area contributed by atoms with Gasteiger partial charge >= 0.3 is 5.63 Å². The molecule has 2 aromatic rings. The second-order valence-corrected chi connectivity index (χ2v) is 7.06. The Hall–Kier alpha value is -1.42. The lowest BCUT2D eigenvalue weighted by molar-refractivity contribution is 0.556. The zero-order valence-electron chi connectivity index (χ0n) is 13.0. The van der Waals surface area contributed by atoms with Gasteiger partial charge in [0, 0.05) is 40.7 Å². The predicted octanol–water partition coefficient (Wildman–Crippen LogP) is 3.92. The maximum atomic E-state index is 11.7. The number of fused-ring (bicyclic) bond motifs is 2. The second kappa shape index (κ2) is 5.41. The molecule has 0 amide bonds. The topological polar surface area (TPSA) is 33.5 Å². The van der Waals surface area contributed by atoms with E-state index >= 15 is 0 Å². The van der Waals surface area contributed by atoms with E-state index in [1.54, 1.807) is 17.8 Å². The Kier molecular flexibility index (Phi) is 3.74. The standard InChI is InChI=1S/C17H21NO2S/c1-10(2)9-18-11(3)5-12-6-13-15(7-14(12)18)20-17(19)8-16(13)21-4/h6-8,10-11H,5,9H2,1-4H3. The van der Waals surface area contributed by atoms with E-state index in [1.165, 1.54) is 11.3 Å². The Bertz CT molecular complexity index is 735. The fraction of sp³-hybridized carbons (Fsp3) is 0.471. The molecule has 1 aliphatic rings. The zero-order valence-corrected chi connectivity index (χ0v) is 13.8. The van der Waals surface area contributed by atoms with Crippen LogP contribution in [0.15, 0.2) is 32.3 Å². The minimum Gasteiger partial charge on any atom is -0.423 e. The molecular weight excluding hydrogens is 282 g/mol. The summed E-state index contributed by atoms with van der Waals surface area (Å²) < 4.78 is 5.42. The van der Waals surface area contributed by atoms with Crippen molar-refractivity contribution in [3.05, 3.63) is 34.2 Å². The molecule has 3 rings (SSSR count). The van der Waals surface area contributed by atoms with Crippen LogP contribution >= 0.6 is 11.8 Å². The van der Waals surface area contributed by atoms with Crippen LogP contribution in [0, 0.1) is 5.92 Å². The van der Waals surface area contributed by atoms with Gasteiger partial charge in [-0.05, 0) is 37.1 Å². The van der Waals surface area contributed by atoms with Crippen molar-refractivity contribution in [3.8, 4) is 0 Å². The van der Waals surface area contributed by atoms with Crippen LogP contribution in [0.25, 0.3) is 11.0 Å². The lowest BCUT2D eigenvalue weighted by Gasteiger charge is -2.26. The smallest absolute Gasteiger partial charge is 0.337 e. The third kappa shape index (κ3) is 2.57. The molecule has 1 aromatic heterocycles. The normalized spacial score (nSPS) is 17.8. The van der Waals surface area contributed by atoms with Crippen LogP contribution in [-0.4, -0.2) is 18.8 Å². The molecule has 1 aromatic carbocycles. The zero-order chi connectivity index (χ0) is 15.1. The van der Waals surface area contributed by atoms with E-state index in [0.29, 0.717) is 17.5 Å². The highest BCUT2D eigenvalue weighted by Gasteiger charge is 2.27. The fourth-order valence-electron chi connectivity index (χ4n) is 3.15. The van der Waals surface area contributed by atoms with Crippen LogP contribution in [0.5, 0.6) is 0 Å². The van der Waals surface area contributed by atoms with Gasteiger partial charge in [-0.3, -0.25) is 0 Å². The quantitative estimate of drug-likeness (QED) is 0.635. The van der Waals surface area contributed by atoms with Gasteiger partial charge in [0.1, 0.15) is 5.58 Å². The Morgan fingerprint density at radius 2 is 2.14 bits per heavy atom. The molecule has 0 saturated heterocycles. The first-order valence-corrected chi connectivity index (χ1v) is 8.63. The van der Waals surface area contributed by atoms with E-state index in [2.05, 4.69) is 37.8 Å². The molecule has 0 aliphatic carbocycles. The first kappa shape index (κ1) is 14.5. The monoisotopic (exact) mass is 303 g/mol. The average Bonchev–Trinajstić information content (AvgIpc) is 2.71. The van der Waals surface area contributed by atoms with Crippen LogP contribution in [0.4, 0.5) is 5.69 Å². The molecule has 112 valence electrons. The molecule has 1 atom stereocenters. The minimum absolute atomic E-state index is 0.270. The van der Waals surface area contributed by atoms with E-state index in [4.69, 9.17) is 4.42 Å². The molecule has 0 fully saturated rings. The summed E-state index contributed by atoms with van der Waals surface area (Å²) in [6.45, 7) is 7.76. The van der Waals surface area contributed by atoms with Crippen LogP contribution in [-0.2, 0) is 6.42 Å². The number of hydrogen-bond acceptors (Lipinski definition) is 4. The van der Waals surface area contributed by atoms with Crippen LogP contribution in [0.1, 0.15) is 26.3 Å². The first-order valence-electron chi connectivity index (χ1n) is 7.41. The summed E-state index contributed by atoms with van der Waals surface area (Å²) in [4.78, 5) is 15.1. The average molecular weight is 303 g/mol. The van der Waals surface area contributed by atoms with Crippen LogP contribution < -0.4 is 10.5 Å². The third-order valence-corrected chi connectivity index (χ3v) is 4.82. The summed E-state index contributed by atoms with van der Waals surface area (Å²) in [5.74, 6) is 0.610. The second-order valence-electron chi connectivity index (χ2n) is 6.21. The SMILES string of the molecule is CSc1cc(=O)oc2cc3c(cc12)CC(C)N3CC(C)C. The number of benzene rings is 1. The van der Waals surface area contributed by atoms with Gasteiger partial charge in [0.15, 0.2) is 0 Å². The summed E-state index contributed by atoms with van der Waals surface area (Å²) in [7, 11) is 0. The summed E-state index contributed by atoms with van der Waals surface area (Å²) in [5.41, 5.74) is 3.02. The Balaban J connectivity index is 2.17. The van der Waals surface area contributed by atoms with Crippen LogP contribution in [0.3, 0.4) is 0 Å². The molecule has 4 heteroatoms. The lowest BCUT2D eigenvalue weighted by Crippen LogP contribution is -2.32. The van der Waals surface area contributed by atoms with Crippen molar-refractivity contribution in [2.24, 2.45) is 5.92 Å². The van der Waals surface area contributed by atoms with Gasteiger partial charge in [-0.25, -0.2) is 4.79 Å². The molecule has 0 N–H and O–H groups in total. The largest absolute Gasteiger partial charge is 0.423 e. The maximum absolute atomic E-state index is 11.7. The highest BCUT2D eigenvalue weighted by atomic mass is 32.2. The maximum Gasteiger partial charge on any atom is 0.337 e. The minimum atomic E-state index is -0.270. The Morgan fingerprint density at radius 3 is 2.81 bits per heavy atom. The lowest BCUT2D eigenvalue weighted by atomic mass is 10.1. The molecule has 2 heterocycles. The summed E-state index contributed by atoms with van der Waals surface area (Å²) in [5, 5.41) is 1.06. The molecule has 1 aliphatic heterocycles. The summed E-state index contributed by atoms with van der Waals surface area (Å²) >= 11 is 1.60. The third-order valence-electron chi connectivity index (χ3n) is 4.04. The Labute approximate surface area is 129 Å². The van der Waals surface area contributed by atoms with Crippen molar-refractivity contribution in [2.45, 2.75) is 38.1 Å². The van der Waals surface area contributed by atoms with Gasteiger partial charge in [-0.1, -0.05) is 13.8 Å². The number of rotatable bonds is 3. The van der Waals surface area contributed by atoms with Gasteiger partial charge in [-0.15, -0.1) is 11.8 Å². The van der Waals surface area contributed by atoms with Crippen molar-refractivity contribution >= 4 is 28.4 Å². The highest BCUT2D eigenvalue weighted by Crippen LogP contribution is 2.37. The van der Waals surface area contributed by atoms with E-state index in [1.807, 2.05) is 6.26 Å². The van der Waals surface area contributed by atoms with Gasteiger partial charge in [0.05, 0.1) is 0 Å². The van der Waals surface area contributed by atoms with Crippen molar-refractivity contribution in [1.82, 2.24) is 0 Å². The Morgan fingerprint density at radius 1 is 1.38 bits per heavy atom.